The van der Waals surface area contributed by atoms with E-state index in [2.05, 4.69) is 5.32 Å². The van der Waals surface area contributed by atoms with Crippen molar-refractivity contribution < 1.29 is 9.90 Å². The molecule has 0 spiro atoms. The summed E-state index contributed by atoms with van der Waals surface area (Å²) in [5.41, 5.74) is 0.514. The van der Waals surface area contributed by atoms with Gasteiger partial charge in [-0.3, -0.25) is 4.79 Å². The molecule has 3 heteroatoms. The molecular formula is C16H25NO2. The first-order chi connectivity index (χ1) is 8.98. The van der Waals surface area contributed by atoms with Crippen molar-refractivity contribution in [3.8, 4) is 0 Å². The monoisotopic (exact) mass is 263 g/mol. The molecule has 0 bridgehead atoms. The maximum atomic E-state index is 12.2. The van der Waals surface area contributed by atoms with Gasteiger partial charge in [-0.1, -0.05) is 37.3 Å². The molecule has 2 N–H and O–H groups in total. The number of rotatable bonds is 7. The third-order valence-corrected chi connectivity index (χ3v) is 3.53. The highest BCUT2D eigenvalue weighted by molar-refractivity contribution is 5.87. The van der Waals surface area contributed by atoms with Crippen molar-refractivity contribution in [3.05, 3.63) is 35.9 Å². The molecule has 1 unspecified atom stereocenters. The summed E-state index contributed by atoms with van der Waals surface area (Å²) in [6, 6.07) is 9.81. The van der Waals surface area contributed by atoms with Crippen LogP contribution >= 0.6 is 0 Å². The molecule has 1 amide bonds. The van der Waals surface area contributed by atoms with Crippen molar-refractivity contribution >= 4 is 5.91 Å². The van der Waals surface area contributed by atoms with E-state index in [0.29, 0.717) is 12.5 Å². The Morgan fingerprint density at radius 3 is 2.53 bits per heavy atom. The second kappa shape index (κ2) is 7.29. The second-order valence-electron chi connectivity index (χ2n) is 5.68. The molecule has 0 radical (unpaired) electrons. The van der Waals surface area contributed by atoms with Gasteiger partial charge in [-0.2, -0.15) is 0 Å². The van der Waals surface area contributed by atoms with Gasteiger partial charge in [0.25, 0.3) is 0 Å². The Balaban J connectivity index is 2.45. The highest BCUT2D eigenvalue weighted by Gasteiger charge is 2.28. The van der Waals surface area contributed by atoms with Gasteiger partial charge in [0.1, 0.15) is 0 Å². The predicted octanol–water partition coefficient (Wildman–Crippen LogP) is 2.49. The fourth-order valence-electron chi connectivity index (χ4n) is 1.95. The van der Waals surface area contributed by atoms with Gasteiger partial charge in [0.05, 0.1) is 5.41 Å². The summed E-state index contributed by atoms with van der Waals surface area (Å²) in [6.45, 7) is 6.76. The fraction of sp³-hybridized carbons (Fsp3) is 0.562. The van der Waals surface area contributed by atoms with E-state index in [1.807, 2.05) is 51.1 Å². The summed E-state index contributed by atoms with van der Waals surface area (Å²) < 4.78 is 0. The van der Waals surface area contributed by atoms with Crippen LogP contribution in [-0.2, 0) is 10.2 Å². The van der Waals surface area contributed by atoms with Crippen molar-refractivity contribution in [1.29, 1.82) is 0 Å². The normalized spacial score (nSPS) is 13.1. The lowest BCUT2D eigenvalue weighted by Gasteiger charge is -2.24. The summed E-state index contributed by atoms with van der Waals surface area (Å²) in [7, 11) is 0. The topological polar surface area (TPSA) is 49.3 Å². The van der Waals surface area contributed by atoms with Gasteiger partial charge in [-0.15, -0.1) is 0 Å². The Labute approximate surface area is 116 Å². The summed E-state index contributed by atoms with van der Waals surface area (Å²) >= 11 is 0. The highest BCUT2D eigenvalue weighted by Crippen LogP contribution is 2.22. The maximum absolute atomic E-state index is 12.2. The van der Waals surface area contributed by atoms with Crippen molar-refractivity contribution in [2.24, 2.45) is 5.92 Å². The molecule has 0 aliphatic carbocycles. The number of carbonyl (C=O) groups excluding carboxylic acids is 1. The van der Waals surface area contributed by atoms with Crippen LogP contribution in [-0.4, -0.2) is 24.2 Å². The molecule has 1 rings (SSSR count). The van der Waals surface area contributed by atoms with Gasteiger partial charge in [0, 0.05) is 13.2 Å². The minimum Gasteiger partial charge on any atom is -0.396 e. The first kappa shape index (κ1) is 15.7. The Bertz CT molecular complexity index is 387. The number of benzene rings is 1. The van der Waals surface area contributed by atoms with E-state index in [1.54, 1.807) is 0 Å². The summed E-state index contributed by atoms with van der Waals surface area (Å²) in [6.07, 6.45) is 1.83. The van der Waals surface area contributed by atoms with Crippen LogP contribution in [0.25, 0.3) is 0 Å². The number of amides is 1. The molecule has 0 aliphatic heterocycles. The van der Waals surface area contributed by atoms with Crippen LogP contribution in [0.4, 0.5) is 0 Å². The van der Waals surface area contributed by atoms with E-state index < -0.39 is 5.41 Å². The van der Waals surface area contributed by atoms with Gasteiger partial charge in [-0.25, -0.2) is 0 Å². The first-order valence-corrected chi connectivity index (χ1v) is 6.93. The highest BCUT2D eigenvalue weighted by atomic mass is 16.3. The molecule has 1 aromatic carbocycles. The number of aliphatic hydroxyl groups is 1. The molecule has 106 valence electrons. The largest absolute Gasteiger partial charge is 0.396 e. The van der Waals surface area contributed by atoms with Crippen LogP contribution in [0.1, 0.15) is 39.2 Å². The van der Waals surface area contributed by atoms with Crippen LogP contribution in [0, 0.1) is 5.92 Å². The van der Waals surface area contributed by atoms with E-state index in [4.69, 9.17) is 5.11 Å². The summed E-state index contributed by atoms with van der Waals surface area (Å²) in [5, 5.41) is 11.9. The van der Waals surface area contributed by atoms with Crippen molar-refractivity contribution in [2.75, 3.05) is 13.2 Å². The van der Waals surface area contributed by atoms with E-state index >= 15 is 0 Å². The van der Waals surface area contributed by atoms with Gasteiger partial charge in [-0.05, 0) is 38.2 Å². The predicted molar refractivity (Wildman–Crippen MR) is 78.0 cm³/mol. The molecule has 19 heavy (non-hydrogen) atoms. The molecule has 0 aliphatic rings. The van der Waals surface area contributed by atoms with Gasteiger partial charge < -0.3 is 10.4 Å². The lowest BCUT2D eigenvalue weighted by Crippen LogP contribution is -2.40. The van der Waals surface area contributed by atoms with Crippen LogP contribution < -0.4 is 5.32 Å². The minimum atomic E-state index is -0.510. The molecule has 1 aromatic rings. The quantitative estimate of drug-likeness (QED) is 0.743. The zero-order valence-corrected chi connectivity index (χ0v) is 12.1. The second-order valence-corrected chi connectivity index (χ2v) is 5.68. The van der Waals surface area contributed by atoms with Crippen molar-refractivity contribution in [2.45, 2.75) is 39.0 Å². The molecule has 3 nitrogen and oxygen atoms in total. The molecule has 0 aromatic heterocycles. The average Bonchev–Trinajstić information content (AvgIpc) is 2.43. The maximum Gasteiger partial charge on any atom is 0.230 e. The van der Waals surface area contributed by atoms with E-state index in [9.17, 15) is 4.79 Å². The molecule has 0 saturated heterocycles. The first-order valence-electron chi connectivity index (χ1n) is 6.93. The Hall–Kier alpha value is -1.35. The summed E-state index contributed by atoms with van der Waals surface area (Å²) in [5.74, 6) is 0.356. The minimum absolute atomic E-state index is 0.0513. The Kier molecular flexibility index (Phi) is 6.03. The van der Waals surface area contributed by atoms with Crippen LogP contribution in [0.2, 0.25) is 0 Å². The third-order valence-electron chi connectivity index (χ3n) is 3.53. The van der Waals surface area contributed by atoms with Gasteiger partial charge >= 0.3 is 0 Å². The number of nitrogens with one attached hydrogen (secondary N) is 1. The molecular weight excluding hydrogens is 238 g/mol. The average molecular weight is 263 g/mol. The smallest absolute Gasteiger partial charge is 0.230 e. The number of carbonyl (C=O) groups is 1. The van der Waals surface area contributed by atoms with Crippen LogP contribution in [0.3, 0.4) is 0 Å². The lowest BCUT2D eigenvalue weighted by molar-refractivity contribution is -0.125. The standard InChI is InChI=1S/C16H25NO2/c1-13(12-18)8-7-11-17-15(19)16(2,3)14-9-5-4-6-10-14/h4-6,9-10,13,18H,7-8,11-12H2,1-3H3,(H,17,19). The van der Waals surface area contributed by atoms with Gasteiger partial charge in [0.15, 0.2) is 0 Å². The van der Waals surface area contributed by atoms with E-state index in [1.165, 1.54) is 0 Å². The van der Waals surface area contributed by atoms with Gasteiger partial charge in [0.2, 0.25) is 5.91 Å². The van der Waals surface area contributed by atoms with Crippen molar-refractivity contribution in [3.63, 3.8) is 0 Å². The molecule has 0 heterocycles. The van der Waals surface area contributed by atoms with Crippen molar-refractivity contribution in [1.82, 2.24) is 5.32 Å². The molecule has 0 fully saturated rings. The zero-order chi connectivity index (χ0) is 14.3. The summed E-state index contributed by atoms with van der Waals surface area (Å²) in [4.78, 5) is 12.2. The van der Waals surface area contributed by atoms with E-state index in [-0.39, 0.29) is 12.5 Å². The van der Waals surface area contributed by atoms with E-state index in [0.717, 1.165) is 18.4 Å². The third kappa shape index (κ3) is 4.67. The number of hydrogen-bond donors (Lipinski definition) is 2. The van der Waals surface area contributed by atoms with Crippen LogP contribution in [0.15, 0.2) is 30.3 Å². The number of aliphatic hydroxyl groups excluding tert-OH is 1. The fourth-order valence-corrected chi connectivity index (χ4v) is 1.95. The molecule has 0 saturated carbocycles. The van der Waals surface area contributed by atoms with Crippen LogP contribution in [0.5, 0.6) is 0 Å². The molecule has 1 atom stereocenters. The lowest BCUT2D eigenvalue weighted by atomic mass is 9.84. The Morgan fingerprint density at radius 1 is 1.32 bits per heavy atom. The number of hydrogen-bond acceptors (Lipinski definition) is 2. The Morgan fingerprint density at radius 2 is 1.95 bits per heavy atom. The SMILES string of the molecule is CC(CO)CCCNC(=O)C(C)(C)c1ccccc1. The zero-order valence-electron chi connectivity index (χ0n) is 12.1.